The molecule has 1 aliphatic carbocycles. The molecule has 6 heteroatoms. The van der Waals surface area contributed by atoms with E-state index in [1.165, 1.54) is 18.9 Å². The van der Waals surface area contributed by atoms with Crippen molar-refractivity contribution in [2.24, 2.45) is 5.41 Å². The van der Waals surface area contributed by atoms with E-state index in [9.17, 15) is 9.59 Å². The molecule has 1 saturated carbocycles. The molecular weight excluding hydrogens is 236 g/mol. The maximum atomic E-state index is 11.9. The minimum atomic E-state index is -1.02. The highest BCUT2D eigenvalue weighted by atomic mass is 16.5. The number of methoxy groups -OCH3 is 1. The highest BCUT2D eigenvalue weighted by molar-refractivity contribution is 5.82. The summed E-state index contributed by atoms with van der Waals surface area (Å²) in [5.41, 5.74) is -0.127. The quantitative estimate of drug-likeness (QED) is 0.785. The highest BCUT2D eigenvalue weighted by Gasteiger charge is 2.49. The Kier molecular flexibility index (Phi) is 4.21. The Morgan fingerprint density at radius 2 is 2.06 bits per heavy atom. The van der Waals surface area contributed by atoms with Crippen LogP contribution in [0.5, 0.6) is 0 Å². The summed E-state index contributed by atoms with van der Waals surface area (Å²) in [4.78, 5) is 23.9. The molecule has 0 aromatic carbocycles. The lowest BCUT2D eigenvalue weighted by molar-refractivity contribution is -0.141. The minimum absolute atomic E-state index is 0.0124. The van der Waals surface area contributed by atoms with Gasteiger partial charge in [-0.1, -0.05) is 13.8 Å². The second kappa shape index (κ2) is 5.14. The first kappa shape index (κ1) is 14.8. The van der Waals surface area contributed by atoms with Crippen molar-refractivity contribution in [2.75, 3.05) is 14.2 Å². The van der Waals surface area contributed by atoms with Crippen molar-refractivity contribution < 1.29 is 19.4 Å². The summed E-state index contributed by atoms with van der Waals surface area (Å²) in [7, 11) is 3.14. The summed E-state index contributed by atoms with van der Waals surface area (Å²) >= 11 is 0. The van der Waals surface area contributed by atoms with Crippen LogP contribution in [-0.4, -0.2) is 54.4 Å². The van der Waals surface area contributed by atoms with E-state index in [0.717, 1.165) is 6.42 Å². The molecule has 1 aliphatic rings. The number of likely N-dealkylation sites (N-methyl/N-ethyl adjacent to an activating group) is 1. The fraction of sp³-hybridized carbons (Fsp3) is 0.833. The van der Waals surface area contributed by atoms with Crippen LogP contribution in [0.3, 0.4) is 0 Å². The van der Waals surface area contributed by atoms with E-state index in [1.54, 1.807) is 7.11 Å². The zero-order valence-corrected chi connectivity index (χ0v) is 11.6. The molecule has 1 rings (SSSR count). The number of nitrogens with zero attached hydrogens (tertiary/aromatic N) is 1. The molecule has 18 heavy (non-hydrogen) atoms. The van der Waals surface area contributed by atoms with Gasteiger partial charge in [0.15, 0.2) is 0 Å². The van der Waals surface area contributed by atoms with Crippen molar-refractivity contribution in [3.05, 3.63) is 0 Å². The van der Waals surface area contributed by atoms with Crippen LogP contribution >= 0.6 is 0 Å². The van der Waals surface area contributed by atoms with Crippen molar-refractivity contribution in [1.82, 2.24) is 10.2 Å². The standard InChI is InChI=1S/C12H22N2O4/c1-7(10(15)16)14(4)11(17)13-8-6-9(18-5)12(8,2)3/h7-9H,6H2,1-5H3,(H,13,17)(H,15,16). The summed E-state index contributed by atoms with van der Waals surface area (Å²) in [6, 6.07) is -1.19. The molecule has 1 fully saturated rings. The van der Waals surface area contributed by atoms with Gasteiger partial charge in [-0.3, -0.25) is 0 Å². The molecule has 6 nitrogen and oxygen atoms in total. The molecule has 0 aromatic heterocycles. The first-order chi connectivity index (χ1) is 8.21. The molecule has 3 atom stereocenters. The van der Waals surface area contributed by atoms with Crippen LogP contribution in [0.2, 0.25) is 0 Å². The van der Waals surface area contributed by atoms with Crippen LogP contribution in [0.4, 0.5) is 4.79 Å². The van der Waals surface area contributed by atoms with Gasteiger partial charge in [-0.15, -0.1) is 0 Å². The first-order valence-electron chi connectivity index (χ1n) is 6.00. The lowest BCUT2D eigenvalue weighted by Gasteiger charge is -2.51. The molecule has 2 N–H and O–H groups in total. The van der Waals surface area contributed by atoms with Crippen molar-refractivity contribution in [3.8, 4) is 0 Å². The summed E-state index contributed by atoms with van der Waals surface area (Å²) in [5.74, 6) is -1.02. The fourth-order valence-electron chi connectivity index (χ4n) is 2.12. The number of carbonyl (C=O) groups excluding carboxylic acids is 1. The average molecular weight is 258 g/mol. The Bertz CT molecular complexity index is 343. The third-order valence-electron chi connectivity index (χ3n) is 4.02. The molecular formula is C12H22N2O4. The van der Waals surface area contributed by atoms with Crippen LogP contribution in [-0.2, 0) is 9.53 Å². The maximum Gasteiger partial charge on any atom is 0.326 e. The Morgan fingerprint density at radius 1 is 1.50 bits per heavy atom. The van der Waals surface area contributed by atoms with Gasteiger partial charge in [0.2, 0.25) is 0 Å². The molecule has 0 spiro atoms. The number of carbonyl (C=O) groups is 2. The maximum absolute atomic E-state index is 11.9. The van der Waals surface area contributed by atoms with E-state index in [4.69, 9.17) is 9.84 Å². The Balaban J connectivity index is 2.55. The Labute approximate surface area is 107 Å². The molecule has 2 amide bonds. The summed E-state index contributed by atoms with van der Waals surface area (Å²) in [6.45, 7) is 5.53. The molecule has 0 aliphatic heterocycles. The van der Waals surface area contributed by atoms with E-state index in [2.05, 4.69) is 5.32 Å². The Morgan fingerprint density at radius 3 is 2.44 bits per heavy atom. The number of amides is 2. The number of carboxylic acids is 1. The number of nitrogens with one attached hydrogen (secondary N) is 1. The first-order valence-corrected chi connectivity index (χ1v) is 6.00. The molecule has 0 aromatic rings. The number of aliphatic carboxylic acids is 1. The number of hydrogen-bond acceptors (Lipinski definition) is 3. The molecule has 0 saturated heterocycles. The van der Waals surface area contributed by atoms with Crippen LogP contribution < -0.4 is 5.32 Å². The van der Waals surface area contributed by atoms with Crippen molar-refractivity contribution >= 4 is 12.0 Å². The molecule has 0 bridgehead atoms. The van der Waals surface area contributed by atoms with Gasteiger partial charge < -0.3 is 20.1 Å². The van der Waals surface area contributed by atoms with Gasteiger partial charge in [-0.25, -0.2) is 9.59 Å². The predicted octanol–water partition coefficient (Wildman–Crippen LogP) is 0.914. The van der Waals surface area contributed by atoms with E-state index >= 15 is 0 Å². The number of urea groups is 1. The lowest BCUT2D eigenvalue weighted by atomic mass is 9.64. The van der Waals surface area contributed by atoms with Crippen LogP contribution in [0.15, 0.2) is 0 Å². The third kappa shape index (κ3) is 2.58. The number of rotatable bonds is 4. The second-order valence-corrected chi connectivity index (χ2v) is 5.41. The van der Waals surface area contributed by atoms with Crippen molar-refractivity contribution in [1.29, 1.82) is 0 Å². The zero-order chi connectivity index (χ0) is 14.1. The molecule has 0 radical (unpaired) electrons. The number of ether oxygens (including phenoxy) is 1. The van der Waals surface area contributed by atoms with Gasteiger partial charge in [-0.05, 0) is 13.3 Å². The van der Waals surface area contributed by atoms with Crippen LogP contribution in [0.25, 0.3) is 0 Å². The molecule has 104 valence electrons. The smallest absolute Gasteiger partial charge is 0.326 e. The van der Waals surface area contributed by atoms with E-state index in [-0.39, 0.29) is 23.6 Å². The monoisotopic (exact) mass is 258 g/mol. The van der Waals surface area contributed by atoms with E-state index in [1.807, 2.05) is 13.8 Å². The molecule has 3 unspecified atom stereocenters. The van der Waals surface area contributed by atoms with Crippen molar-refractivity contribution in [3.63, 3.8) is 0 Å². The fourth-order valence-corrected chi connectivity index (χ4v) is 2.12. The topological polar surface area (TPSA) is 78.9 Å². The lowest BCUT2D eigenvalue weighted by Crippen LogP contribution is -2.63. The van der Waals surface area contributed by atoms with Gasteiger partial charge in [0.1, 0.15) is 6.04 Å². The van der Waals surface area contributed by atoms with Crippen LogP contribution in [0.1, 0.15) is 27.2 Å². The van der Waals surface area contributed by atoms with Gasteiger partial charge in [-0.2, -0.15) is 0 Å². The summed E-state index contributed by atoms with van der Waals surface area (Å²) in [6.07, 6.45) is 0.884. The average Bonchev–Trinajstić information content (AvgIpc) is 2.31. The number of carboxylic acid groups (broad SMARTS) is 1. The van der Waals surface area contributed by atoms with E-state index < -0.39 is 12.0 Å². The zero-order valence-electron chi connectivity index (χ0n) is 11.6. The van der Waals surface area contributed by atoms with Gasteiger partial charge in [0.25, 0.3) is 0 Å². The van der Waals surface area contributed by atoms with E-state index in [0.29, 0.717) is 0 Å². The normalized spacial score (nSPS) is 26.9. The van der Waals surface area contributed by atoms with Gasteiger partial charge in [0, 0.05) is 25.6 Å². The highest BCUT2D eigenvalue weighted by Crippen LogP contribution is 2.42. The largest absolute Gasteiger partial charge is 0.480 e. The van der Waals surface area contributed by atoms with Crippen LogP contribution in [0, 0.1) is 5.41 Å². The van der Waals surface area contributed by atoms with Crippen molar-refractivity contribution in [2.45, 2.75) is 45.4 Å². The number of hydrogen-bond donors (Lipinski definition) is 2. The SMILES string of the molecule is COC1CC(NC(=O)N(C)C(C)C(=O)O)C1(C)C. The van der Waals surface area contributed by atoms with Gasteiger partial charge >= 0.3 is 12.0 Å². The predicted molar refractivity (Wildman–Crippen MR) is 66.4 cm³/mol. The third-order valence-corrected chi connectivity index (χ3v) is 4.02. The van der Waals surface area contributed by atoms with Gasteiger partial charge in [0.05, 0.1) is 6.10 Å². The summed E-state index contributed by atoms with van der Waals surface area (Å²) in [5, 5.41) is 11.7. The molecule has 0 heterocycles. The summed E-state index contributed by atoms with van der Waals surface area (Å²) < 4.78 is 5.30. The second-order valence-electron chi connectivity index (χ2n) is 5.41. The Hall–Kier alpha value is -1.30. The minimum Gasteiger partial charge on any atom is -0.480 e.